The van der Waals surface area contributed by atoms with Gasteiger partial charge in [0, 0.05) is 24.9 Å². The number of carbonyl (C=O) groups excluding carboxylic acids is 1. The van der Waals surface area contributed by atoms with Crippen LogP contribution in [0.2, 0.25) is 0 Å². The number of rotatable bonds is 4. The highest BCUT2D eigenvalue weighted by Gasteiger charge is 2.30. The predicted molar refractivity (Wildman–Crippen MR) is 68.0 cm³/mol. The van der Waals surface area contributed by atoms with Crippen molar-refractivity contribution in [2.45, 2.75) is 51.5 Å². The standard InChI is InChI=1S/C14H25NO2/c1-2-11-5-3-4-6-13(11)14(16)9-12-10-17-8-7-15-12/h11-13,15H,2-10H2,1H3. The number of nitrogens with one attached hydrogen (secondary N) is 1. The Morgan fingerprint density at radius 2 is 2.18 bits per heavy atom. The van der Waals surface area contributed by atoms with E-state index in [-0.39, 0.29) is 6.04 Å². The Kier molecular flexibility index (Phi) is 4.99. The first-order valence-electron chi connectivity index (χ1n) is 7.15. The highest BCUT2D eigenvalue weighted by Crippen LogP contribution is 2.33. The largest absolute Gasteiger partial charge is 0.379 e. The maximum Gasteiger partial charge on any atom is 0.137 e. The Balaban J connectivity index is 1.84. The van der Waals surface area contributed by atoms with Gasteiger partial charge in [-0.15, -0.1) is 0 Å². The molecular formula is C14H25NO2. The molecule has 0 bridgehead atoms. The van der Waals surface area contributed by atoms with Gasteiger partial charge < -0.3 is 10.1 Å². The number of ether oxygens (including phenoxy) is 1. The van der Waals surface area contributed by atoms with E-state index in [0.29, 0.717) is 30.6 Å². The lowest BCUT2D eigenvalue weighted by molar-refractivity contribution is -0.126. The highest BCUT2D eigenvalue weighted by molar-refractivity contribution is 5.82. The summed E-state index contributed by atoms with van der Waals surface area (Å²) in [6.45, 7) is 4.60. The Morgan fingerprint density at radius 3 is 2.88 bits per heavy atom. The summed E-state index contributed by atoms with van der Waals surface area (Å²) in [7, 11) is 0. The zero-order valence-corrected chi connectivity index (χ0v) is 10.9. The van der Waals surface area contributed by atoms with Crippen molar-refractivity contribution < 1.29 is 9.53 Å². The lowest BCUT2D eigenvalue weighted by Gasteiger charge is -2.31. The molecule has 0 amide bonds. The Labute approximate surface area is 104 Å². The van der Waals surface area contributed by atoms with Crippen LogP contribution in [0.4, 0.5) is 0 Å². The van der Waals surface area contributed by atoms with Gasteiger partial charge in [0.05, 0.1) is 13.2 Å². The molecule has 0 aromatic rings. The minimum Gasteiger partial charge on any atom is -0.379 e. The van der Waals surface area contributed by atoms with E-state index in [0.717, 1.165) is 26.0 Å². The van der Waals surface area contributed by atoms with Crippen LogP contribution < -0.4 is 5.32 Å². The van der Waals surface area contributed by atoms with E-state index in [1.807, 2.05) is 0 Å². The minimum atomic E-state index is 0.260. The maximum absolute atomic E-state index is 12.3. The third-order valence-electron chi connectivity index (χ3n) is 4.29. The summed E-state index contributed by atoms with van der Waals surface area (Å²) in [5.74, 6) is 1.44. The molecule has 0 radical (unpaired) electrons. The molecule has 3 heteroatoms. The van der Waals surface area contributed by atoms with E-state index in [1.54, 1.807) is 0 Å². The van der Waals surface area contributed by atoms with Gasteiger partial charge in [0.1, 0.15) is 5.78 Å². The van der Waals surface area contributed by atoms with Gasteiger partial charge in [0.25, 0.3) is 0 Å². The van der Waals surface area contributed by atoms with Crippen LogP contribution in [0, 0.1) is 11.8 Å². The van der Waals surface area contributed by atoms with Crippen molar-refractivity contribution in [3.05, 3.63) is 0 Å². The Morgan fingerprint density at radius 1 is 1.35 bits per heavy atom. The van der Waals surface area contributed by atoms with Crippen LogP contribution in [-0.4, -0.2) is 31.6 Å². The molecule has 17 heavy (non-hydrogen) atoms. The molecule has 98 valence electrons. The molecule has 0 spiro atoms. The average molecular weight is 239 g/mol. The molecule has 1 aliphatic carbocycles. The Hall–Kier alpha value is -0.410. The molecule has 2 rings (SSSR count). The molecule has 0 aromatic heterocycles. The predicted octanol–water partition coefficient (Wildman–Crippen LogP) is 2.15. The zero-order chi connectivity index (χ0) is 12.1. The van der Waals surface area contributed by atoms with E-state index in [9.17, 15) is 4.79 Å². The lowest BCUT2D eigenvalue weighted by Crippen LogP contribution is -2.43. The van der Waals surface area contributed by atoms with Gasteiger partial charge in [-0.2, -0.15) is 0 Å². The summed E-state index contributed by atoms with van der Waals surface area (Å²) < 4.78 is 5.41. The number of Topliss-reactive ketones (excluding diaryl/α,β-unsaturated/α-hetero) is 1. The SMILES string of the molecule is CCC1CCCCC1C(=O)CC1COCCN1. The van der Waals surface area contributed by atoms with Crippen molar-refractivity contribution in [1.82, 2.24) is 5.32 Å². The van der Waals surface area contributed by atoms with Crippen molar-refractivity contribution >= 4 is 5.78 Å². The molecule has 0 aromatic carbocycles. The van der Waals surface area contributed by atoms with Gasteiger partial charge in [-0.25, -0.2) is 0 Å². The van der Waals surface area contributed by atoms with Crippen LogP contribution in [0.3, 0.4) is 0 Å². The lowest BCUT2D eigenvalue weighted by atomic mass is 9.74. The Bertz CT molecular complexity index is 249. The molecule has 1 saturated heterocycles. The third-order valence-corrected chi connectivity index (χ3v) is 4.29. The van der Waals surface area contributed by atoms with Crippen LogP contribution in [-0.2, 0) is 9.53 Å². The molecule has 3 unspecified atom stereocenters. The van der Waals surface area contributed by atoms with E-state index < -0.39 is 0 Å². The fourth-order valence-corrected chi connectivity index (χ4v) is 3.27. The van der Waals surface area contributed by atoms with E-state index in [1.165, 1.54) is 19.3 Å². The summed E-state index contributed by atoms with van der Waals surface area (Å²) in [5, 5.41) is 3.38. The topological polar surface area (TPSA) is 38.3 Å². The molecule has 1 aliphatic heterocycles. The van der Waals surface area contributed by atoms with Crippen molar-refractivity contribution in [2.75, 3.05) is 19.8 Å². The number of ketones is 1. The van der Waals surface area contributed by atoms with Gasteiger partial charge in [-0.1, -0.05) is 26.2 Å². The zero-order valence-electron chi connectivity index (χ0n) is 10.9. The average Bonchev–Trinajstić information content (AvgIpc) is 2.40. The van der Waals surface area contributed by atoms with Crippen LogP contribution in [0.1, 0.15) is 45.4 Å². The molecule has 1 heterocycles. The van der Waals surface area contributed by atoms with E-state index in [2.05, 4.69) is 12.2 Å². The third kappa shape index (κ3) is 3.52. The van der Waals surface area contributed by atoms with Crippen molar-refractivity contribution in [1.29, 1.82) is 0 Å². The molecule has 3 nitrogen and oxygen atoms in total. The smallest absolute Gasteiger partial charge is 0.137 e. The number of hydrogen-bond donors (Lipinski definition) is 1. The quantitative estimate of drug-likeness (QED) is 0.817. The van der Waals surface area contributed by atoms with Gasteiger partial charge in [0.15, 0.2) is 0 Å². The molecule has 3 atom stereocenters. The fourth-order valence-electron chi connectivity index (χ4n) is 3.27. The van der Waals surface area contributed by atoms with Gasteiger partial charge >= 0.3 is 0 Å². The van der Waals surface area contributed by atoms with Crippen LogP contribution in [0.25, 0.3) is 0 Å². The molecule has 2 aliphatic rings. The summed E-state index contributed by atoms with van der Waals surface area (Å²) >= 11 is 0. The second-order valence-electron chi connectivity index (χ2n) is 5.46. The summed E-state index contributed by atoms with van der Waals surface area (Å²) in [6, 6.07) is 0.260. The molecule has 2 fully saturated rings. The van der Waals surface area contributed by atoms with E-state index >= 15 is 0 Å². The summed E-state index contributed by atoms with van der Waals surface area (Å²) in [4.78, 5) is 12.3. The number of morpholine rings is 1. The van der Waals surface area contributed by atoms with Crippen molar-refractivity contribution in [3.63, 3.8) is 0 Å². The second-order valence-corrected chi connectivity index (χ2v) is 5.46. The van der Waals surface area contributed by atoms with Gasteiger partial charge in [-0.3, -0.25) is 4.79 Å². The van der Waals surface area contributed by atoms with Gasteiger partial charge in [0.2, 0.25) is 0 Å². The molecule has 1 saturated carbocycles. The minimum absolute atomic E-state index is 0.260. The van der Waals surface area contributed by atoms with Gasteiger partial charge in [-0.05, 0) is 18.8 Å². The maximum atomic E-state index is 12.3. The van der Waals surface area contributed by atoms with Crippen LogP contribution >= 0.6 is 0 Å². The first-order valence-corrected chi connectivity index (χ1v) is 7.15. The summed E-state index contributed by atoms with van der Waals surface area (Å²) in [6.07, 6.45) is 6.74. The van der Waals surface area contributed by atoms with Crippen molar-refractivity contribution in [3.8, 4) is 0 Å². The first kappa shape index (κ1) is 13.0. The number of carbonyl (C=O) groups is 1. The molecule has 1 N–H and O–H groups in total. The second kappa shape index (κ2) is 6.50. The van der Waals surface area contributed by atoms with Crippen LogP contribution in [0.15, 0.2) is 0 Å². The van der Waals surface area contributed by atoms with Crippen molar-refractivity contribution in [2.24, 2.45) is 11.8 Å². The van der Waals surface area contributed by atoms with Crippen LogP contribution in [0.5, 0.6) is 0 Å². The first-order chi connectivity index (χ1) is 8.31. The van der Waals surface area contributed by atoms with E-state index in [4.69, 9.17) is 4.74 Å². The molecular weight excluding hydrogens is 214 g/mol. The fraction of sp³-hybridized carbons (Fsp3) is 0.929. The number of hydrogen-bond acceptors (Lipinski definition) is 3. The normalized spacial score (nSPS) is 34.5. The monoisotopic (exact) mass is 239 g/mol. The highest BCUT2D eigenvalue weighted by atomic mass is 16.5. The summed E-state index contributed by atoms with van der Waals surface area (Å²) in [5.41, 5.74) is 0.